The van der Waals surface area contributed by atoms with Crippen LogP contribution in [-0.4, -0.2) is 35.5 Å². The molecule has 0 radical (unpaired) electrons. The van der Waals surface area contributed by atoms with E-state index < -0.39 is 0 Å². The summed E-state index contributed by atoms with van der Waals surface area (Å²) in [6.45, 7) is 4.00. The van der Waals surface area contributed by atoms with Crippen LogP contribution < -0.4 is 20.5 Å². The number of nitrogens with one attached hydrogen (secondary N) is 1. The van der Waals surface area contributed by atoms with Crippen molar-refractivity contribution < 1.29 is 9.47 Å². The number of halogens is 1. The first-order valence-corrected chi connectivity index (χ1v) is 10.3. The summed E-state index contributed by atoms with van der Waals surface area (Å²) < 4.78 is 13.3. The molecule has 0 fully saturated rings. The number of anilines is 1. The minimum absolute atomic E-state index is 0. The van der Waals surface area contributed by atoms with E-state index >= 15 is 0 Å². The summed E-state index contributed by atoms with van der Waals surface area (Å²) in [5.74, 6) is 1.89. The van der Waals surface area contributed by atoms with E-state index in [1.54, 1.807) is 0 Å². The van der Waals surface area contributed by atoms with Crippen LogP contribution in [0, 0.1) is 6.92 Å². The van der Waals surface area contributed by atoms with E-state index in [2.05, 4.69) is 21.6 Å². The van der Waals surface area contributed by atoms with E-state index in [1.807, 2.05) is 60.1 Å². The van der Waals surface area contributed by atoms with Gasteiger partial charge in [-0.1, -0.05) is 18.2 Å². The van der Waals surface area contributed by atoms with Gasteiger partial charge < -0.3 is 20.5 Å². The lowest BCUT2D eigenvalue weighted by Crippen LogP contribution is -2.22. The highest BCUT2D eigenvalue weighted by molar-refractivity contribution is 14.0. The van der Waals surface area contributed by atoms with Crippen molar-refractivity contribution in [1.82, 2.24) is 9.78 Å². The van der Waals surface area contributed by atoms with Gasteiger partial charge in [-0.25, -0.2) is 4.68 Å². The summed E-state index contributed by atoms with van der Waals surface area (Å²) in [6.07, 6.45) is 4.77. The Bertz CT molecular complexity index is 1020. The number of para-hydroxylation sites is 1. The average molecular weight is 533 g/mol. The van der Waals surface area contributed by atoms with Gasteiger partial charge in [0.25, 0.3) is 0 Å². The van der Waals surface area contributed by atoms with Crippen molar-refractivity contribution in [3.63, 3.8) is 0 Å². The first-order valence-electron chi connectivity index (χ1n) is 10.3. The van der Waals surface area contributed by atoms with E-state index in [-0.39, 0.29) is 24.0 Å². The second-order valence-electron chi connectivity index (χ2n) is 7.23. The number of hydrogen-bond donors (Lipinski definition) is 2. The molecule has 0 saturated carbocycles. The normalized spacial score (nSPS) is 13.3. The predicted octanol–water partition coefficient (Wildman–Crippen LogP) is 4.32. The summed E-state index contributed by atoms with van der Waals surface area (Å²) in [5, 5.41) is 7.74. The van der Waals surface area contributed by atoms with Crippen molar-refractivity contribution >= 4 is 35.6 Å². The fourth-order valence-corrected chi connectivity index (χ4v) is 3.35. The molecule has 164 valence electrons. The molecule has 0 bridgehead atoms. The molecule has 3 N–H and O–H groups in total. The molecule has 1 aliphatic rings. The summed E-state index contributed by atoms with van der Waals surface area (Å²) in [4.78, 5) is 4.44. The molecule has 0 unspecified atom stereocenters. The second-order valence-corrected chi connectivity index (χ2v) is 7.23. The highest BCUT2D eigenvalue weighted by atomic mass is 127. The van der Waals surface area contributed by atoms with Crippen LogP contribution in [0.15, 0.2) is 59.7 Å². The van der Waals surface area contributed by atoms with Gasteiger partial charge in [-0.15, -0.1) is 24.0 Å². The molecule has 0 saturated heterocycles. The van der Waals surface area contributed by atoms with Gasteiger partial charge in [0, 0.05) is 30.9 Å². The monoisotopic (exact) mass is 533 g/mol. The van der Waals surface area contributed by atoms with Crippen molar-refractivity contribution in [2.24, 2.45) is 10.7 Å². The number of ether oxygens (including phenoxy) is 2. The maximum absolute atomic E-state index is 6.05. The number of aliphatic imine (C=N–C) groups is 1. The first-order chi connectivity index (χ1) is 14.7. The van der Waals surface area contributed by atoms with E-state index in [9.17, 15) is 0 Å². The Morgan fingerprint density at radius 2 is 1.90 bits per heavy atom. The van der Waals surface area contributed by atoms with Gasteiger partial charge in [-0.2, -0.15) is 5.10 Å². The van der Waals surface area contributed by atoms with Crippen LogP contribution in [0.2, 0.25) is 0 Å². The predicted molar refractivity (Wildman–Crippen MR) is 134 cm³/mol. The van der Waals surface area contributed by atoms with Crippen LogP contribution >= 0.6 is 24.0 Å². The largest absolute Gasteiger partial charge is 0.490 e. The zero-order valence-corrected chi connectivity index (χ0v) is 19.9. The molecule has 2 heterocycles. The van der Waals surface area contributed by atoms with Gasteiger partial charge in [0.05, 0.1) is 24.6 Å². The molecule has 7 nitrogen and oxygen atoms in total. The third kappa shape index (κ3) is 6.13. The maximum atomic E-state index is 6.05. The van der Waals surface area contributed by atoms with Crippen LogP contribution in [0.4, 0.5) is 5.69 Å². The number of nitrogens with two attached hydrogens (primary N) is 1. The number of aromatic nitrogens is 2. The van der Waals surface area contributed by atoms with Gasteiger partial charge in [-0.05, 0) is 49.6 Å². The Morgan fingerprint density at radius 3 is 2.71 bits per heavy atom. The fourth-order valence-electron chi connectivity index (χ4n) is 3.35. The lowest BCUT2D eigenvalue weighted by atomic mass is 10.1. The topological polar surface area (TPSA) is 86.7 Å². The van der Waals surface area contributed by atoms with Crippen LogP contribution in [0.1, 0.15) is 24.1 Å². The summed E-state index contributed by atoms with van der Waals surface area (Å²) >= 11 is 0. The van der Waals surface area contributed by atoms with Gasteiger partial charge in [0.15, 0.2) is 17.5 Å². The molecule has 4 rings (SSSR count). The Kier molecular flexibility index (Phi) is 8.16. The molecule has 3 aromatic rings. The van der Waals surface area contributed by atoms with Crippen LogP contribution in [-0.2, 0) is 6.42 Å². The van der Waals surface area contributed by atoms with Crippen LogP contribution in [0.5, 0.6) is 11.5 Å². The number of aryl methyl sites for hydroxylation is 2. The van der Waals surface area contributed by atoms with E-state index in [0.29, 0.717) is 25.7 Å². The van der Waals surface area contributed by atoms with Crippen molar-refractivity contribution in [3.8, 4) is 17.2 Å². The Morgan fingerprint density at radius 1 is 1.13 bits per heavy atom. The zero-order valence-electron chi connectivity index (χ0n) is 17.6. The van der Waals surface area contributed by atoms with Crippen LogP contribution in [0.25, 0.3) is 5.69 Å². The molecule has 0 atom stereocenters. The molecule has 0 spiro atoms. The molecule has 31 heavy (non-hydrogen) atoms. The van der Waals surface area contributed by atoms with Gasteiger partial charge in [0.1, 0.15) is 0 Å². The van der Waals surface area contributed by atoms with Gasteiger partial charge >= 0.3 is 0 Å². The lowest BCUT2D eigenvalue weighted by Gasteiger charge is -2.10. The first kappa shape index (κ1) is 22.9. The second kappa shape index (κ2) is 11.0. The quantitative estimate of drug-likeness (QED) is 0.213. The third-order valence-corrected chi connectivity index (χ3v) is 4.93. The average Bonchev–Trinajstić information content (AvgIpc) is 2.97. The maximum Gasteiger partial charge on any atom is 0.193 e. The number of nitrogens with zero attached hydrogens (tertiary/aromatic N) is 3. The molecule has 2 aromatic carbocycles. The number of benzene rings is 2. The molecule has 0 aliphatic carbocycles. The Hall–Kier alpha value is -2.75. The van der Waals surface area contributed by atoms with Crippen molar-refractivity contribution in [2.45, 2.75) is 26.2 Å². The summed E-state index contributed by atoms with van der Waals surface area (Å²) in [5.41, 5.74) is 10.2. The molecule has 8 heteroatoms. The van der Waals surface area contributed by atoms with E-state index in [0.717, 1.165) is 47.8 Å². The Labute approximate surface area is 199 Å². The minimum Gasteiger partial charge on any atom is -0.490 e. The van der Waals surface area contributed by atoms with E-state index in [4.69, 9.17) is 15.2 Å². The minimum atomic E-state index is 0. The number of fused-ring (bicyclic) bond motifs is 1. The summed E-state index contributed by atoms with van der Waals surface area (Å²) in [6, 6.07) is 15.8. The SMILES string of the molecule is Cc1nn(-c2ccccc2)cc1CCCN=C(N)Nc1ccc2c(c1)OCCCO2.I. The number of rotatable bonds is 6. The molecule has 0 amide bonds. The fraction of sp³-hybridized carbons (Fsp3) is 0.304. The number of guanidine groups is 1. The highest BCUT2D eigenvalue weighted by Gasteiger charge is 2.11. The lowest BCUT2D eigenvalue weighted by molar-refractivity contribution is 0.297. The standard InChI is InChI=1S/C23H27N5O2.HI/c1-17-18(16-28(27-17)20-8-3-2-4-9-20)7-5-12-25-23(24)26-19-10-11-21-22(15-19)30-14-6-13-29-21;/h2-4,8-11,15-16H,5-7,12-14H2,1H3,(H3,24,25,26);1H. The smallest absolute Gasteiger partial charge is 0.193 e. The van der Waals surface area contributed by atoms with E-state index in [1.165, 1.54) is 5.56 Å². The Balaban J connectivity index is 0.00000272. The van der Waals surface area contributed by atoms with Crippen molar-refractivity contribution in [2.75, 3.05) is 25.1 Å². The van der Waals surface area contributed by atoms with Gasteiger partial charge in [0.2, 0.25) is 0 Å². The molecule has 1 aliphatic heterocycles. The third-order valence-electron chi connectivity index (χ3n) is 4.93. The van der Waals surface area contributed by atoms with Gasteiger partial charge in [-0.3, -0.25) is 4.99 Å². The number of hydrogen-bond acceptors (Lipinski definition) is 4. The summed E-state index contributed by atoms with van der Waals surface area (Å²) in [7, 11) is 0. The highest BCUT2D eigenvalue weighted by Crippen LogP contribution is 2.32. The zero-order chi connectivity index (χ0) is 20.8. The molecular formula is C23H28IN5O2. The van der Waals surface area contributed by atoms with Crippen molar-refractivity contribution in [1.29, 1.82) is 0 Å². The van der Waals surface area contributed by atoms with Crippen molar-refractivity contribution in [3.05, 3.63) is 66.0 Å². The molecular weight excluding hydrogens is 505 g/mol. The van der Waals surface area contributed by atoms with Crippen LogP contribution in [0.3, 0.4) is 0 Å². The molecule has 1 aromatic heterocycles.